The molecule has 0 radical (unpaired) electrons. The molecule has 8 heteroatoms. The summed E-state index contributed by atoms with van der Waals surface area (Å²) in [6, 6.07) is 6.34. The topological polar surface area (TPSA) is 89.5 Å². The van der Waals surface area contributed by atoms with Gasteiger partial charge in [0.15, 0.2) is 0 Å². The van der Waals surface area contributed by atoms with Crippen molar-refractivity contribution in [2.75, 3.05) is 6.26 Å². The molecular formula is C18H15N3O4S. The fourth-order valence-electron chi connectivity index (χ4n) is 2.85. The number of rotatable bonds is 4. The third-order valence-corrected chi connectivity index (χ3v) is 5.03. The SMILES string of the molecule is CSc1nc(C2CC2)nc(C)c1C(=O)ON1C(=O)c2ccccc2C1=O. The van der Waals surface area contributed by atoms with Crippen LogP contribution in [0.15, 0.2) is 29.3 Å². The van der Waals surface area contributed by atoms with Gasteiger partial charge >= 0.3 is 5.97 Å². The Balaban J connectivity index is 1.63. The minimum absolute atomic E-state index is 0.179. The Bertz CT molecular complexity index is 920. The Morgan fingerprint density at radius 2 is 1.77 bits per heavy atom. The van der Waals surface area contributed by atoms with Crippen LogP contribution in [-0.4, -0.2) is 39.1 Å². The maximum absolute atomic E-state index is 12.7. The molecule has 0 saturated heterocycles. The van der Waals surface area contributed by atoms with Crippen molar-refractivity contribution in [2.24, 2.45) is 0 Å². The minimum atomic E-state index is -0.816. The lowest BCUT2D eigenvalue weighted by atomic mass is 10.1. The molecule has 7 nitrogen and oxygen atoms in total. The summed E-state index contributed by atoms with van der Waals surface area (Å²) in [6.07, 6.45) is 3.90. The summed E-state index contributed by atoms with van der Waals surface area (Å²) in [5, 5.41) is 0.992. The lowest BCUT2D eigenvalue weighted by Gasteiger charge is -2.15. The molecule has 26 heavy (non-hydrogen) atoms. The van der Waals surface area contributed by atoms with E-state index in [0.29, 0.717) is 21.7 Å². The number of carbonyl (C=O) groups is 3. The molecule has 2 aromatic rings. The molecule has 0 bridgehead atoms. The van der Waals surface area contributed by atoms with Crippen LogP contribution in [-0.2, 0) is 4.84 Å². The summed E-state index contributed by atoms with van der Waals surface area (Å²) in [5.74, 6) is -1.05. The summed E-state index contributed by atoms with van der Waals surface area (Å²) in [4.78, 5) is 51.4. The number of fused-ring (bicyclic) bond motifs is 1. The largest absolute Gasteiger partial charge is 0.368 e. The van der Waals surface area contributed by atoms with Crippen LogP contribution in [0.2, 0.25) is 0 Å². The molecule has 0 N–H and O–H groups in total. The monoisotopic (exact) mass is 369 g/mol. The first-order valence-corrected chi connectivity index (χ1v) is 9.36. The number of carbonyl (C=O) groups excluding carboxylic acids is 3. The van der Waals surface area contributed by atoms with Gasteiger partial charge in [0.2, 0.25) is 0 Å². The summed E-state index contributed by atoms with van der Waals surface area (Å²) in [6.45, 7) is 1.70. The van der Waals surface area contributed by atoms with E-state index in [1.54, 1.807) is 25.3 Å². The van der Waals surface area contributed by atoms with Crippen LogP contribution in [0.4, 0.5) is 0 Å². The molecule has 2 amide bonds. The molecule has 2 aliphatic rings. The van der Waals surface area contributed by atoms with Crippen LogP contribution in [0.25, 0.3) is 0 Å². The van der Waals surface area contributed by atoms with E-state index in [1.165, 1.54) is 23.9 Å². The van der Waals surface area contributed by atoms with Gasteiger partial charge in [-0.1, -0.05) is 17.2 Å². The number of aryl methyl sites for hydroxylation is 1. The van der Waals surface area contributed by atoms with Gasteiger partial charge in [0.05, 0.1) is 16.8 Å². The van der Waals surface area contributed by atoms with Gasteiger partial charge in [0.25, 0.3) is 11.8 Å². The smallest absolute Gasteiger partial charge is 0.324 e. The van der Waals surface area contributed by atoms with E-state index in [4.69, 9.17) is 4.84 Å². The van der Waals surface area contributed by atoms with Gasteiger partial charge in [-0.2, -0.15) is 0 Å². The Labute approximate surface area is 153 Å². The van der Waals surface area contributed by atoms with Crippen molar-refractivity contribution in [3.05, 3.63) is 52.5 Å². The Morgan fingerprint density at radius 3 is 2.31 bits per heavy atom. The maximum atomic E-state index is 12.7. The third kappa shape index (κ3) is 2.66. The van der Waals surface area contributed by atoms with Gasteiger partial charge in [-0.3, -0.25) is 9.59 Å². The first kappa shape index (κ1) is 16.7. The predicted octanol–water partition coefficient (Wildman–Crippen LogP) is 2.75. The number of nitrogens with zero attached hydrogens (tertiary/aromatic N) is 3. The number of hydrogen-bond donors (Lipinski definition) is 0. The molecule has 1 fully saturated rings. The molecular weight excluding hydrogens is 354 g/mol. The van der Waals surface area contributed by atoms with E-state index >= 15 is 0 Å². The summed E-state index contributed by atoms with van der Waals surface area (Å²) in [5.41, 5.74) is 1.09. The molecule has 1 aliphatic carbocycles. The number of benzene rings is 1. The fraction of sp³-hybridized carbons (Fsp3) is 0.278. The van der Waals surface area contributed by atoms with Gasteiger partial charge in [0.1, 0.15) is 16.4 Å². The van der Waals surface area contributed by atoms with Crippen molar-refractivity contribution in [3.63, 3.8) is 0 Å². The summed E-state index contributed by atoms with van der Waals surface area (Å²) < 4.78 is 0. The average molecular weight is 369 g/mol. The van der Waals surface area contributed by atoms with Crippen LogP contribution in [0, 0.1) is 6.92 Å². The highest BCUT2D eigenvalue weighted by molar-refractivity contribution is 7.98. The Hall–Kier alpha value is -2.74. The van der Waals surface area contributed by atoms with E-state index in [0.717, 1.165) is 18.7 Å². The van der Waals surface area contributed by atoms with E-state index < -0.39 is 17.8 Å². The van der Waals surface area contributed by atoms with E-state index in [2.05, 4.69) is 9.97 Å². The van der Waals surface area contributed by atoms with Crippen molar-refractivity contribution < 1.29 is 19.2 Å². The van der Waals surface area contributed by atoms with Gasteiger partial charge in [-0.15, -0.1) is 11.8 Å². The van der Waals surface area contributed by atoms with E-state index in [-0.39, 0.29) is 16.7 Å². The molecule has 2 heterocycles. The molecule has 1 aliphatic heterocycles. The van der Waals surface area contributed by atoms with Gasteiger partial charge in [0, 0.05) is 5.92 Å². The predicted molar refractivity (Wildman–Crippen MR) is 92.9 cm³/mol. The van der Waals surface area contributed by atoms with Gasteiger partial charge in [-0.25, -0.2) is 14.8 Å². The number of hydrogen-bond acceptors (Lipinski definition) is 7. The Morgan fingerprint density at radius 1 is 1.15 bits per heavy atom. The highest BCUT2D eigenvalue weighted by Gasteiger charge is 2.39. The Kier molecular flexibility index (Phi) is 3.99. The van der Waals surface area contributed by atoms with Crippen molar-refractivity contribution in [1.82, 2.24) is 15.0 Å². The van der Waals surface area contributed by atoms with Crippen LogP contribution in [0.3, 0.4) is 0 Å². The highest BCUT2D eigenvalue weighted by atomic mass is 32.2. The zero-order chi connectivity index (χ0) is 18.4. The summed E-state index contributed by atoms with van der Waals surface area (Å²) in [7, 11) is 0. The molecule has 0 unspecified atom stereocenters. The second-order valence-electron chi connectivity index (χ2n) is 6.15. The molecule has 1 saturated carbocycles. The lowest BCUT2D eigenvalue weighted by molar-refractivity contribution is -0.0588. The van der Waals surface area contributed by atoms with Gasteiger partial charge in [-0.05, 0) is 38.2 Å². The number of thioether (sulfide) groups is 1. The van der Waals surface area contributed by atoms with Crippen molar-refractivity contribution >= 4 is 29.5 Å². The fourth-order valence-corrected chi connectivity index (χ4v) is 3.47. The zero-order valence-corrected chi connectivity index (χ0v) is 15.0. The van der Waals surface area contributed by atoms with Crippen LogP contribution < -0.4 is 0 Å². The first-order valence-electron chi connectivity index (χ1n) is 8.14. The van der Waals surface area contributed by atoms with E-state index in [9.17, 15) is 14.4 Å². The lowest BCUT2D eigenvalue weighted by Crippen LogP contribution is -2.33. The average Bonchev–Trinajstić information content (AvgIpc) is 3.46. The molecule has 1 aromatic heterocycles. The first-order chi connectivity index (χ1) is 12.5. The minimum Gasteiger partial charge on any atom is -0.324 e. The molecule has 0 atom stereocenters. The number of imide groups is 1. The normalized spacial score (nSPS) is 16.0. The van der Waals surface area contributed by atoms with Crippen molar-refractivity contribution in [3.8, 4) is 0 Å². The second-order valence-corrected chi connectivity index (χ2v) is 6.95. The summed E-state index contributed by atoms with van der Waals surface area (Å²) >= 11 is 1.30. The maximum Gasteiger partial charge on any atom is 0.368 e. The van der Waals surface area contributed by atoms with Crippen LogP contribution in [0.5, 0.6) is 0 Å². The van der Waals surface area contributed by atoms with Crippen molar-refractivity contribution in [1.29, 1.82) is 0 Å². The van der Waals surface area contributed by atoms with Crippen molar-refractivity contribution in [2.45, 2.75) is 30.7 Å². The van der Waals surface area contributed by atoms with Gasteiger partial charge < -0.3 is 4.84 Å². The number of aromatic nitrogens is 2. The second kappa shape index (κ2) is 6.21. The van der Waals surface area contributed by atoms with E-state index in [1.807, 2.05) is 0 Å². The zero-order valence-electron chi connectivity index (χ0n) is 14.2. The molecule has 1 aromatic carbocycles. The molecule has 0 spiro atoms. The molecule has 132 valence electrons. The molecule has 4 rings (SSSR count). The standard InChI is InChI=1S/C18H15N3O4S/c1-9-13(15(26-2)20-14(19-9)10-7-8-10)18(24)25-21-16(22)11-5-3-4-6-12(11)17(21)23/h3-6,10H,7-8H2,1-2H3. The number of hydroxylamine groups is 2. The van der Waals surface area contributed by atoms with Crippen LogP contribution in [0.1, 0.15) is 61.4 Å². The third-order valence-electron chi connectivity index (χ3n) is 4.34. The van der Waals surface area contributed by atoms with Crippen LogP contribution >= 0.6 is 11.8 Å². The quantitative estimate of drug-likeness (QED) is 0.465. The number of amides is 2. The highest BCUT2D eigenvalue weighted by Crippen LogP contribution is 2.39.